The van der Waals surface area contributed by atoms with E-state index < -0.39 is 0 Å². The fourth-order valence-electron chi connectivity index (χ4n) is 4.72. The van der Waals surface area contributed by atoms with Crippen LogP contribution in [0.4, 0.5) is 0 Å². The maximum Gasteiger partial charge on any atom is 0.251 e. The standard InChI is InChI=1S/C24H31N3O3/c28-22-17-26(24(30)21-8-4-5-15-27(21)22)16-19-9-11-20(12-10-19)23(29)25-14-13-18-6-2-1-3-7-18/h6,9-12,21H,1-5,7-8,13-17H2,(H,25,29)/t21-/m1/s1. The number of piperidine rings is 1. The number of fused-ring (bicyclic) bond motifs is 1. The summed E-state index contributed by atoms with van der Waals surface area (Å²) in [5.41, 5.74) is 3.01. The topological polar surface area (TPSA) is 69.7 Å². The largest absolute Gasteiger partial charge is 0.352 e. The van der Waals surface area contributed by atoms with Crippen LogP contribution in [0.1, 0.15) is 67.3 Å². The highest BCUT2D eigenvalue weighted by molar-refractivity contribution is 5.95. The molecule has 2 aliphatic heterocycles. The number of allylic oxidation sites excluding steroid dienone is 1. The highest BCUT2D eigenvalue weighted by atomic mass is 16.2. The Bertz CT molecular complexity index is 831. The molecule has 1 atom stereocenters. The van der Waals surface area contributed by atoms with Crippen LogP contribution in [0.15, 0.2) is 35.9 Å². The minimum atomic E-state index is -0.288. The van der Waals surface area contributed by atoms with Crippen LogP contribution in [0, 0.1) is 0 Å². The number of nitrogens with zero attached hydrogens (tertiary/aromatic N) is 2. The van der Waals surface area contributed by atoms with Gasteiger partial charge in [-0.15, -0.1) is 0 Å². The third kappa shape index (κ3) is 4.74. The summed E-state index contributed by atoms with van der Waals surface area (Å²) in [6.07, 6.45) is 10.8. The van der Waals surface area contributed by atoms with Crippen molar-refractivity contribution >= 4 is 17.7 Å². The van der Waals surface area contributed by atoms with E-state index in [4.69, 9.17) is 0 Å². The molecule has 160 valence electrons. The minimum Gasteiger partial charge on any atom is -0.352 e. The number of piperazine rings is 1. The van der Waals surface area contributed by atoms with Gasteiger partial charge in [0.05, 0.1) is 0 Å². The van der Waals surface area contributed by atoms with Crippen molar-refractivity contribution in [1.29, 1.82) is 0 Å². The van der Waals surface area contributed by atoms with Gasteiger partial charge in [0, 0.05) is 25.2 Å². The lowest BCUT2D eigenvalue weighted by Crippen LogP contribution is -2.60. The first-order valence-corrected chi connectivity index (χ1v) is 11.2. The van der Waals surface area contributed by atoms with Crippen LogP contribution < -0.4 is 5.32 Å². The molecule has 30 heavy (non-hydrogen) atoms. The molecule has 6 nitrogen and oxygen atoms in total. The number of hydrogen-bond acceptors (Lipinski definition) is 3. The van der Waals surface area contributed by atoms with Gasteiger partial charge < -0.3 is 15.1 Å². The van der Waals surface area contributed by atoms with E-state index in [1.807, 2.05) is 12.1 Å². The van der Waals surface area contributed by atoms with Crippen LogP contribution in [0.3, 0.4) is 0 Å². The first kappa shape index (κ1) is 20.6. The predicted octanol–water partition coefficient (Wildman–Crippen LogP) is 3.03. The van der Waals surface area contributed by atoms with E-state index in [-0.39, 0.29) is 30.3 Å². The summed E-state index contributed by atoms with van der Waals surface area (Å²) in [7, 11) is 0. The normalized spacial score (nSPS) is 21.9. The molecule has 2 heterocycles. The van der Waals surface area contributed by atoms with Crippen LogP contribution in [-0.4, -0.2) is 53.2 Å². The molecule has 4 rings (SSSR count). The van der Waals surface area contributed by atoms with Gasteiger partial charge in [-0.2, -0.15) is 0 Å². The molecule has 2 saturated heterocycles. The lowest BCUT2D eigenvalue weighted by Gasteiger charge is -2.42. The monoisotopic (exact) mass is 409 g/mol. The van der Waals surface area contributed by atoms with Gasteiger partial charge in [0.15, 0.2) is 0 Å². The lowest BCUT2D eigenvalue weighted by molar-refractivity contribution is -0.158. The van der Waals surface area contributed by atoms with Crippen LogP contribution >= 0.6 is 0 Å². The predicted molar refractivity (Wildman–Crippen MR) is 115 cm³/mol. The molecule has 1 N–H and O–H groups in total. The fourth-order valence-corrected chi connectivity index (χ4v) is 4.72. The Hall–Kier alpha value is -2.63. The molecule has 3 aliphatic rings. The van der Waals surface area contributed by atoms with Crippen LogP contribution in [0.2, 0.25) is 0 Å². The molecule has 0 saturated carbocycles. The van der Waals surface area contributed by atoms with Gasteiger partial charge in [0.2, 0.25) is 11.8 Å². The van der Waals surface area contributed by atoms with Crippen LogP contribution in [0.25, 0.3) is 0 Å². The van der Waals surface area contributed by atoms with E-state index in [1.165, 1.54) is 18.4 Å². The highest BCUT2D eigenvalue weighted by Crippen LogP contribution is 2.24. The first-order chi connectivity index (χ1) is 14.6. The molecule has 0 bridgehead atoms. The molecular formula is C24H31N3O3. The molecule has 3 amide bonds. The molecular weight excluding hydrogens is 378 g/mol. The summed E-state index contributed by atoms with van der Waals surface area (Å²) in [5.74, 6) is 0.0246. The number of amides is 3. The summed E-state index contributed by atoms with van der Waals surface area (Å²) in [4.78, 5) is 41.0. The molecule has 2 fully saturated rings. The van der Waals surface area contributed by atoms with Gasteiger partial charge >= 0.3 is 0 Å². The van der Waals surface area contributed by atoms with Crippen molar-refractivity contribution in [2.75, 3.05) is 19.6 Å². The Balaban J connectivity index is 1.30. The minimum absolute atomic E-state index is 0.0448. The number of hydrogen-bond donors (Lipinski definition) is 1. The summed E-state index contributed by atoms with van der Waals surface area (Å²) >= 11 is 0. The quantitative estimate of drug-likeness (QED) is 0.735. The number of carbonyl (C=O) groups is 3. The van der Waals surface area contributed by atoms with Crippen molar-refractivity contribution in [3.8, 4) is 0 Å². The Morgan fingerprint density at radius 1 is 1.07 bits per heavy atom. The molecule has 1 aromatic carbocycles. The maximum atomic E-state index is 12.8. The molecule has 6 heteroatoms. The van der Waals surface area contributed by atoms with Gasteiger partial charge in [0.1, 0.15) is 12.6 Å². The van der Waals surface area contributed by atoms with E-state index in [0.29, 0.717) is 25.2 Å². The SMILES string of the molecule is O=C(NCCC1=CCCCC1)c1ccc(CN2CC(=O)N3CCCC[C@@H]3C2=O)cc1. The van der Waals surface area contributed by atoms with Crippen LogP contribution in [0.5, 0.6) is 0 Å². The van der Waals surface area contributed by atoms with E-state index >= 15 is 0 Å². The Kier molecular flexibility index (Phi) is 6.50. The molecule has 0 radical (unpaired) electrons. The zero-order valence-electron chi connectivity index (χ0n) is 17.6. The second-order valence-electron chi connectivity index (χ2n) is 8.60. The first-order valence-electron chi connectivity index (χ1n) is 11.2. The van der Waals surface area contributed by atoms with Gasteiger partial charge in [-0.25, -0.2) is 0 Å². The van der Waals surface area contributed by atoms with E-state index in [1.54, 1.807) is 21.9 Å². The highest BCUT2D eigenvalue weighted by Gasteiger charge is 2.40. The van der Waals surface area contributed by atoms with Crippen molar-refractivity contribution in [3.05, 3.63) is 47.0 Å². The van der Waals surface area contributed by atoms with Gasteiger partial charge in [0.25, 0.3) is 5.91 Å². The number of rotatable bonds is 6. The van der Waals surface area contributed by atoms with Crippen molar-refractivity contribution < 1.29 is 14.4 Å². The average Bonchev–Trinajstić information content (AvgIpc) is 2.78. The summed E-state index contributed by atoms with van der Waals surface area (Å²) in [6, 6.07) is 7.07. The molecule has 1 aromatic rings. The van der Waals surface area contributed by atoms with E-state index in [9.17, 15) is 14.4 Å². The third-order valence-electron chi connectivity index (χ3n) is 6.45. The van der Waals surface area contributed by atoms with Crippen molar-refractivity contribution in [2.45, 2.75) is 64.0 Å². The third-order valence-corrected chi connectivity index (χ3v) is 6.45. The zero-order valence-corrected chi connectivity index (χ0v) is 17.6. The van der Waals surface area contributed by atoms with Crippen molar-refractivity contribution in [3.63, 3.8) is 0 Å². The maximum absolute atomic E-state index is 12.8. The fraction of sp³-hybridized carbons (Fsp3) is 0.542. The number of nitrogens with one attached hydrogen (secondary N) is 1. The van der Waals surface area contributed by atoms with Crippen molar-refractivity contribution in [2.24, 2.45) is 0 Å². The van der Waals surface area contributed by atoms with Gasteiger partial charge in [-0.1, -0.05) is 23.8 Å². The molecule has 0 spiro atoms. The summed E-state index contributed by atoms with van der Waals surface area (Å²) in [6.45, 7) is 1.91. The van der Waals surface area contributed by atoms with E-state index in [2.05, 4.69) is 11.4 Å². The summed E-state index contributed by atoms with van der Waals surface area (Å²) in [5, 5.41) is 3.00. The zero-order chi connectivity index (χ0) is 20.9. The van der Waals surface area contributed by atoms with E-state index in [0.717, 1.165) is 44.1 Å². The Morgan fingerprint density at radius 2 is 1.90 bits per heavy atom. The smallest absolute Gasteiger partial charge is 0.251 e. The Labute approximate surface area is 178 Å². The molecule has 0 aromatic heterocycles. The molecule has 1 aliphatic carbocycles. The lowest BCUT2D eigenvalue weighted by atomic mass is 9.97. The second-order valence-corrected chi connectivity index (χ2v) is 8.60. The van der Waals surface area contributed by atoms with Crippen LogP contribution in [-0.2, 0) is 16.1 Å². The molecule has 0 unspecified atom stereocenters. The Morgan fingerprint density at radius 3 is 2.67 bits per heavy atom. The average molecular weight is 410 g/mol. The van der Waals surface area contributed by atoms with Gasteiger partial charge in [-0.05, 0) is 69.1 Å². The number of benzene rings is 1. The van der Waals surface area contributed by atoms with Gasteiger partial charge in [-0.3, -0.25) is 14.4 Å². The summed E-state index contributed by atoms with van der Waals surface area (Å²) < 4.78 is 0. The number of carbonyl (C=O) groups excluding carboxylic acids is 3. The van der Waals surface area contributed by atoms with Crippen molar-refractivity contribution in [1.82, 2.24) is 15.1 Å². The second kappa shape index (κ2) is 9.45.